The zero-order valence-electron chi connectivity index (χ0n) is 13.9. The lowest BCUT2D eigenvalue weighted by Crippen LogP contribution is -2.23. The molecular formula is C19H18ClNO4S. The van der Waals surface area contributed by atoms with Gasteiger partial charge in [-0.05, 0) is 41.5 Å². The molecule has 0 amide bonds. The monoisotopic (exact) mass is 391 g/mol. The highest BCUT2D eigenvalue weighted by Gasteiger charge is 2.14. The van der Waals surface area contributed by atoms with E-state index in [0.29, 0.717) is 18.2 Å². The summed E-state index contributed by atoms with van der Waals surface area (Å²) >= 11 is 5.86. The van der Waals surface area contributed by atoms with Gasteiger partial charge < -0.3 is 9.15 Å². The third kappa shape index (κ3) is 5.19. The van der Waals surface area contributed by atoms with Crippen LogP contribution in [0.5, 0.6) is 0 Å². The van der Waals surface area contributed by atoms with Gasteiger partial charge in [-0.3, -0.25) is 0 Å². The fraction of sp³-hybridized carbons (Fsp3) is 0.158. The van der Waals surface area contributed by atoms with Crippen LogP contribution in [0.25, 0.3) is 0 Å². The second kappa shape index (κ2) is 8.51. The van der Waals surface area contributed by atoms with E-state index < -0.39 is 10.0 Å². The van der Waals surface area contributed by atoms with Crippen molar-refractivity contribution in [3.8, 4) is 0 Å². The predicted molar refractivity (Wildman–Crippen MR) is 99.1 cm³/mol. The van der Waals surface area contributed by atoms with Crippen molar-refractivity contribution in [2.75, 3.05) is 0 Å². The first-order valence-corrected chi connectivity index (χ1v) is 9.82. The zero-order valence-corrected chi connectivity index (χ0v) is 15.5. The second-order valence-electron chi connectivity index (χ2n) is 5.67. The highest BCUT2D eigenvalue weighted by atomic mass is 35.5. The van der Waals surface area contributed by atoms with Crippen molar-refractivity contribution < 1.29 is 17.6 Å². The summed E-state index contributed by atoms with van der Waals surface area (Å²) in [5.74, 6) is 0.760. The maximum atomic E-state index is 12.3. The molecule has 0 unspecified atom stereocenters. The van der Waals surface area contributed by atoms with Crippen molar-refractivity contribution in [1.29, 1.82) is 0 Å². The molecule has 0 bridgehead atoms. The molecule has 0 atom stereocenters. The lowest BCUT2D eigenvalue weighted by molar-refractivity contribution is 0.0929. The summed E-state index contributed by atoms with van der Waals surface area (Å²) in [6, 6.07) is 17.4. The van der Waals surface area contributed by atoms with Crippen molar-refractivity contribution in [3.05, 3.63) is 88.8 Å². The minimum Gasteiger partial charge on any atom is -0.467 e. The molecule has 0 radical (unpaired) electrons. The number of hydrogen-bond donors (Lipinski definition) is 1. The molecule has 0 saturated heterocycles. The molecule has 0 aliphatic heterocycles. The lowest BCUT2D eigenvalue weighted by Gasteiger charge is -2.09. The molecule has 136 valence electrons. The predicted octanol–water partition coefficient (Wildman–Crippen LogP) is 4.13. The summed E-state index contributed by atoms with van der Waals surface area (Å²) < 4.78 is 38.1. The molecule has 0 aliphatic carbocycles. The Morgan fingerprint density at radius 1 is 0.962 bits per heavy atom. The Kier molecular flexibility index (Phi) is 6.11. The van der Waals surface area contributed by atoms with E-state index in [1.165, 1.54) is 12.1 Å². The number of ether oxygens (including phenoxy) is 1. The molecule has 1 heterocycles. The normalized spacial score (nSPS) is 11.6. The third-order valence-electron chi connectivity index (χ3n) is 3.66. The Bertz CT molecular complexity index is 955. The number of sulfonamides is 1. The molecule has 7 heteroatoms. The Labute approximate surface area is 157 Å². The van der Waals surface area contributed by atoms with Crippen molar-refractivity contribution in [3.63, 3.8) is 0 Å². The molecule has 2 aromatic carbocycles. The largest absolute Gasteiger partial charge is 0.467 e. The van der Waals surface area contributed by atoms with Gasteiger partial charge in [-0.15, -0.1) is 0 Å². The smallest absolute Gasteiger partial charge is 0.240 e. The summed E-state index contributed by atoms with van der Waals surface area (Å²) in [5.41, 5.74) is 1.80. The lowest BCUT2D eigenvalue weighted by atomic mass is 10.1. The Morgan fingerprint density at radius 3 is 2.54 bits per heavy atom. The van der Waals surface area contributed by atoms with Crippen molar-refractivity contribution >= 4 is 21.6 Å². The number of nitrogens with one attached hydrogen (secondary N) is 1. The summed E-state index contributed by atoms with van der Waals surface area (Å²) in [5, 5.41) is 0.378. The van der Waals surface area contributed by atoms with E-state index in [1.807, 2.05) is 36.4 Å². The average molecular weight is 392 g/mol. The number of rotatable bonds is 8. The fourth-order valence-electron chi connectivity index (χ4n) is 2.39. The molecule has 26 heavy (non-hydrogen) atoms. The first-order valence-electron chi connectivity index (χ1n) is 7.96. The quantitative estimate of drug-likeness (QED) is 0.627. The van der Waals surface area contributed by atoms with Gasteiger partial charge in [0.25, 0.3) is 0 Å². The average Bonchev–Trinajstić information content (AvgIpc) is 3.14. The maximum Gasteiger partial charge on any atom is 0.240 e. The number of benzene rings is 2. The molecule has 5 nitrogen and oxygen atoms in total. The Morgan fingerprint density at radius 2 is 1.77 bits per heavy atom. The van der Waals surface area contributed by atoms with E-state index >= 15 is 0 Å². The number of hydrogen-bond acceptors (Lipinski definition) is 4. The first-order chi connectivity index (χ1) is 12.5. The van der Waals surface area contributed by atoms with Crippen molar-refractivity contribution in [2.45, 2.75) is 24.7 Å². The number of halogens is 1. The van der Waals surface area contributed by atoms with Gasteiger partial charge >= 0.3 is 0 Å². The highest BCUT2D eigenvalue weighted by Crippen LogP contribution is 2.16. The van der Waals surface area contributed by atoms with Crippen molar-refractivity contribution in [1.82, 2.24) is 4.72 Å². The molecule has 0 aliphatic rings. The fourth-order valence-corrected chi connectivity index (χ4v) is 3.71. The van der Waals surface area contributed by atoms with Crippen molar-refractivity contribution in [2.24, 2.45) is 0 Å². The molecule has 3 aromatic rings. The van der Waals surface area contributed by atoms with Crippen LogP contribution in [-0.4, -0.2) is 8.42 Å². The summed E-state index contributed by atoms with van der Waals surface area (Å²) in [7, 11) is -3.62. The molecule has 1 aromatic heterocycles. The minimum atomic E-state index is -3.62. The van der Waals surface area contributed by atoms with Crippen LogP contribution in [0.1, 0.15) is 16.9 Å². The Balaban J connectivity index is 1.58. The Hall–Kier alpha value is -2.12. The van der Waals surface area contributed by atoms with Gasteiger partial charge in [-0.1, -0.05) is 41.9 Å². The summed E-state index contributed by atoms with van der Waals surface area (Å²) in [4.78, 5) is 0.142. The highest BCUT2D eigenvalue weighted by molar-refractivity contribution is 7.89. The summed E-state index contributed by atoms with van der Waals surface area (Å²) in [6.07, 6.45) is 1.60. The van der Waals surface area contributed by atoms with Crippen LogP contribution in [-0.2, 0) is 34.5 Å². The van der Waals surface area contributed by atoms with Crippen LogP contribution in [0.15, 0.2) is 76.2 Å². The summed E-state index contributed by atoms with van der Waals surface area (Å²) in [6.45, 7) is 0.981. The molecule has 0 fully saturated rings. The van der Waals surface area contributed by atoms with Crippen LogP contribution < -0.4 is 4.72 Å². The molecule has 0 saturated carbocycles. The van der Waals surface area contributed by atoms with Gasteiger partial charge in [-0.2, -0.15) is 0 Å². The number of furan rings is 1. The van der Waals surface area contributed by atoms with Crippen LogP contribution in [0.3, 0.4) is 0 Å². The molecule has 3 rings (SSSR count). The van der Waals surface area contributed by atoms with E-state index in [-0.39, 0.29) is 11.4 Å². The second-order valence-corrected chi connectivity index (χ2v) is 7.88. The van der Waals surface area contributed by atoms with E-state index in [9.17, 15) is 8.42 Å². The van der Waals surface area contributed by atoms with Gasteiger partial charge in [0.2, 0.25) is 10.0 Å². The SMILES string of the molecule is O=S(=O)(NCc1cccc(COCc2ccco2)c1)c1cccc(Cl)c1. The molecular weight excluding hydrogens is 374 g/mol. The van der Waals surface area contributed by atoms with Gasteiger partial charge in [0, 0.05) is 11.6 Å². The maximum absolute atomic E-state index is 12.3. The van der Waals surface area contributed by atoms with Crippen LogP contribution in [0.4, 0.5) is 0 Å². The van der Waals surface area contributed by atoms with Gasteiger partial charge in [0.1, 0.15) is 12.4 Å². The van der Waals surface area contributed by atoms with Gasteiger partial charge in [-0.25, -0.2) is 13.1 Å². The van der Waals surface area contributed by atoms with Gasteiger partial charge in [0.15, 0.2) is 0 Å². The minimum absolute atomic E-state index is 0.142. The van der Waals surface area contributed by atoms with E-state index in [1.54, 1.807) is 18.4 Å². The topological polar surface area (TPSA) is 68.5 Å². The molecule has 0 spiro atoms. The van der Waals surface area contributed by atoms with E-state index in [0.717, 1.165) is 16.9 Å². The first kappa shape index (κ1) is 18.7. The van der Waals surface area contributed by atoms with Crippen LogP contribution in [0, 0.1) is 0 Å². The third-order valence-corrected chi connectivity index (χ3v) is 5.29. The zero-order chi connectivity index (χ0) is 18.4. The van der Waals surface area contributed by atoms with Gasteiger partial charge in [0.05, 0.1) is 17.8 Å². The van der Waals surface area contributed by atoms with Crippen LogP contribution >= 0.6 is 11.6 Å². The van der Waals surface area contributed by atoms with E-state index in [4.69, 9.17) is 20.8 Å². The molecule has 1 N–H and O–H groups in total. The van der Waals surface area contributed by atoms with Crippen LogP contribution in [0.2, 0.25) is 5.02 Å². The van der Waals surface area contributed by atoms with E-state index in [2.05, 4.69) is 4.72 Å². The standard InChI is InChI=1S/C19H18ClNO4S/c20-17-6-2-8-19(11-17)26(22,23)21-12-15-4-1-5-16(10-15)13-24-14-18-7-3-9-25-18/h1-11,21H,12-14H2.